The third-order valence-electron chi connectivity index (χ3n) is 3.50. The Labute approximate surface area is 114 Å². The van der Waals surface area contributed by atoms with Gasteiger partial charge >= 0.3 is 0 Å². The smallest absolute Gasteiger partial charge is 0.137 e. The van der Waals surface area contributed by atoms with Gasteiger partial charge in [0.05, 0.1) is 12.1 Å². The number of benzene rings is 1. The van der Waals surface area contributed by atoms with Gasteiger partial charge < -0.3 is 15.0 Å². The number of ether oxygens (including phenoxy) is 1. The normalized spacial score (nSPS) is 22.9. The second-order valence-corrected chi connectivity index (χ2v) is 5.89. The number of piperazine rings is 1. The second kappa shape index (κ2) is 4.98. The Morgan fingerprint density at radius 2 is 2.17 bits per heavy atom. The van der Waals surface area contributed by atoms with Crippen LogP contribution < -0.4 is 15.0 Å². The summed E-state index contributed by atoms with van der Waals surface area (Å²) in [6, 6.07) is 6.44. The molecule has 1 unspecified atom stereocenters. The monoisotopic (exact) mass is 268 g/mol. The molecule has 1 aromatic rings. The molecule has 1 N–H and O–H groups in total. The second-order valence-electron chi connectivity index (χ2n) is 5.48. The van der Waals surface area contributed by atoms with Crippen molar-refractivity contribution in [1.82, 2.24) is 5.32 Å². The quantitative estimate of drug-likeness (QED) is 0.893. The summed E-state index contributed by atoms with van der Waals surface area (Å²) in [6.45, 7) is 8.68. The molecule has 1 aliphatic rings. The zero-order chi connectivity index (χ0) is 13.3. The van der Waals surface area contributed by atoms with E-state index in [0.29, 0.717) is 11.1 Å². The van der Waals surface area contributed by atoms with E-state index in [9.17, 15) is 0 Å². The van der Waals surface area contributed by atoms with Crippen LogP contribution in [0, 0.1) is 0 Å². The molecule has 4 heteroatoms. The summed E-state index contributed by atoms with van der Waals surface area (Å²) in [4.78, 5) is 2.43. The van der Waals surface area contributed by atoms with Gasteiger partial charge in [-0.05, 0) is 39.0 Å². The van der Waals surface area contributed by atoms with E-state index in [1.165, 1.54) is 0 Å². The zero-order valence-electron chi connectivity index (χ0n) is 11.5. The summed E-state index contributed by atoms with van der Waals surface area (Å²) in [7, 11) is 1.64. The molecule has 0 aliphatic carbocycles. The number of hydrogen-bond donors (Lipinski definition) is 1. The molecule has 1 atom stereocenters. The Morgan fingerprint density at radius 3 is 2.72 bits per heavy atom. The van der Waals surface area contributed by atoms with Gasteiger partial charge in [0.15, 0.2) is 0 Å². The van der Waals surface area contributed by atoms with E-state index in [2.05, 4.69) is 37.1 Å². The van der Waals surface area contributed by atoms with E-state index in [4.69, 9.17) is 16.3 Å². The SMILES string of the molecule is COc1ccc(N2C(C)CNCC2(C)C)cc1Cl. The fourth-order valence-electron chi connectivity index (χ4n) is 2.77. The third kappa shape index (κ3) is 2.43. The number of nitrogens with one attached hydrogen (secondary N) is 1. The van der Waals surface area contributed by atoms with Crippen molar-refractivity contribution in [2.24, 2.45) is 0 Å². The Balaban J connectivity index is 2.36. The van der Waals surface area contributed by atoms with Gasteiger partial charge in [-0.1, -0.05) is 11.6 Å². The molecule has 1 aliphatic heterocycles. The van der Waals surface area contributed by atoms with Crippen LogP contribution in [0.15, 0.2) is 18.2 Å². The third-order valence-corrected chi connectivity index (χ3v) is 3.80. The van der Waals surface area contributed by atoms with Crippen LogP contribution in [0.2, 0.25) is 5.02 Å². The maximum Gasteiger partial charge on any atom is 0.137 e. The van der Waals surface area contributed by atoms with E-state index in [1.54, 1.807) is 7.11 Å². The first-order chi connectivity index (χ1) is 8.45. The average Bonchev–Trinajstić information content (AvgIpc) is 2.28. The molecule has 1 fully saturated rings. The van der Waals surface area contributed by atoms with Crippen LogP contribution in [0.4, 0.5) is 5.69 Å². The predicted octanol–water partition coefficient (Wildman–Crippen LogP) is 2.93. The molecule has 1 aromatic carbocycles. The van der Waals surface area contributed by atoms with Gasteiger partial charge in [-0.2, -0.15) is 0 Å². The zero-order valence-corrected chi connectivity index (χ0v) is 12.2. The topological polar surface area (TPSA) is 24.5 Å². The van der Waals surface area contributed by atoms with Gasteiger partial charge in [0.1, 0.15) is 5.75 Å². The molecular weight excluding hydrogens is 248 g/mol. The fourth-order valence-corrected chi connectivity index (χ4v) is 3.02. The molecule has 1 saturated heterocycles. The van der Waals surface area contributed by atoms with Crippen molar-refractivity contribution < 1.29 is 4.74 Å². The highest BCUT2D eigenvalue weighted by atomic mass is 35.5. The van der Waals surface area contributed by atoms with Crippen LogP contribution >= 0.6 is 11.6 Å². The van der Waals surface area contributed by atoms with Crippen molar-refractivity contribution in [3.05, 3.63) is 23.2 Å². The van der Waals surface area contributed by atoms with Crippen LogP contribution in [-0.2, 0) is 0 Å². The van der Waals surface area contributed by atoms with Crippen molar-refractivity contribution in [2.75, 3.05) is 25.1 Å². The lowest BCUT2D eigenvalue weighted by molar-refractivity contribution is 0.333. The maximum absolute atomic E-state index is 6.22. The van der Waals surface area contributed by atoms with Gasteiger partial charge in [-0.15, -0.1) is 0 Å². The molecule has 0 spiro atoms. The maximum atomic E-state index is 6.22. The lowest BCUT2D eigenvalue weighted by Gasteiger charge is -2.48. The van der Waals surface area contributed by atoms with Crippen molar-refractivity contribution >= 4 is 17.3 Å². The first-order valence-corrected chi connectivity index (χ1v) is 6.67. The van der Waals surface area contributed by atoms with Crippen LogP contribution in [-0.4, -0.2) is 31.8 Å². The molecule has 3 nitrogen and oxygen atoms in total. The first kappa shape index (κ1) is 13.5. The van der Waals surface area contributed by atoms with Crippen LogP contribution in [0.3, 0.4) is 0 Å². The van der Waals surface area contributed by atoms with Crippen molar-refractivity contribution in [2.45, 2.75) is 32.4 Å². The van der Waals surface area contributed by atoms with E-state index < -0.39 is 0 Å². The Hall–Kier alpha value is -0.930. The molecule has 1 heterocycles. The van der Waals surface area contributed by atoms with Crippen molar-refractivity contribution in [3.8, 4) is 5.75 Å². The van der Waals surface area contributed by atoms with Crippen LogP contribution in [0.5, 0.6) is 5.75 Å². The summed E-state index contributed by atoms with van der Waals surface area (Å²) >= 11 is 6.22. The number of halogens is 1. The minimum absolute atomic E-state index is 0.0790. The van der Waals surface area contributed by atoms with Gasteiger partial charge in [0.2, 0.25) is 0 Å². The molecule has 100 valence electrons. The van der Waals surface area contributed by atoms with Gasteiger partial charge in [-0.3, -0.25) is 0 Å². The Kier molecular flexibility index (Phi) is 3.74. The highest BCUT2D eigenvalue weighted by Crippen LogP contribution is 2.34. The summed E-state index contributed by atoms with van der Waals surface area (Å²) in [5.41, 5.74) is 1.23. The molecular formula is C14H21ClN2O. The number of hydrogen-bond acceptors (Lipinski definition) is 3. The molecule has 0 radical (unpaired) electrons. The van der Waals surface area contributed by atoms with Gasteiger partial charge in [0, 0.05) is 30.4 Å². The predicted molar refractivity (Wildman–Crippen MR) is 76.9 cm³/mol. The first-order valence-electron chi connectivity index (χ1n) is 6.29. The standard InChI is InChI=1S/C14H21ClN2O/c1-10-8-16-9-14(2,3)17(10)11-5-6-13(18-4)12(15)7-11/h5-7,10,16H,8-9H2,1-4H3. The van der Waals surface area contributed by atoms with E-state index in [-0.39, 0.29) is 5.54 Å². The Morgan fingerprint density at radius 1 is 1.44 bits per heavy atom. The minimum Gasteiger partial charge on any atom is -0.495 e. The van der Waals surface area contributed by atoms with E-state index in [0.717, 1.165) is 24.5 Å². The molecule has 0 saturated carbocycles. The van der Waals surface area contributed by atoms with E-state index in [1.807, 2.05) is 12.1 Å². The highest BCUT2D eigenvalue weighted by Gasteiger charge is 2.34. The molecule has 0 aromatic heterocycles. The number of anilines is 1. The average molecular weight is 269 g/mol. The molecule has 2 rings (SSSR count). The summed E-state index contributed by atoms with van der Waals surface area (Å²) in [5.74, 6) is 0.723. The minimum atomic E-state index is 0.0790. The van der Waals surface area contributed by atoms with Crippen LogP contribution in [0.1, 0.15) is 20.8 Å². The summed E-state index contributed by atoms with van der Waals surface area (Å²) < 4.78 is 5.20. The fraction of sp³-hybridized carbons (Fsp3) is 0.571. The van der Waals surface area contributed by atoms with Gasteiger partial charge in [-0.25, -0.2) is 0 Å². The lowest BCUT2D eigenvalue weighted by Crippen LogP contribution is -2.62. The number of nitrogens with zero attached hydrogens (tertiary/aromatic N) is 1. The summed E-state index contributed by atoms with van der Waals surface area (Å²) in [6.07, 6.45) is 0. The highest BCUT2D eigenvalue weighted by molar-refractivity contribution is 6.32. The lowest BCUT2D eigenvalue weighted by atomic mass is 9.95. The molecule has 0 amide bonds. The molecule has 18 heavy (non-hydrogen) atoms. The summed E-state index contributed by atoms with van der Waals surface area (Å²) in [5, 5.41) is 4.13. The van der Waals surface area contributed by atoms with Crippen molar-refractivity contribution in [3.63, 3.8) is 0 Å². The number of methoxy groups -OCH3 is 1. The van der Waals surface area contributed by atoms with E-state index >= 15 is 0 Å². The van der Waals surface area contributed by atoms with Crippen LogP contribution in [0.25, 0.3) is 0 Å². The van der Waals surface area contributed by atoms with Gasteiger partial charge in [0.25, 0.3) is 0 Å². The van der Waals surface area contributed by atoms with Crippen molar-refractivity contribution in [1.29, 1.82) is 0 Å². The number of rotatable bonds is 2. The largest absolute Gasteiger partial charge is 0.495 e. The molecule has 0 bridgehead atoms. The Bertz CT molecular complexity index is 434.